The molecule has 2 heterocycles. The Hall–Kier alpha value is -4.02. The lowest BCUT2D eigenvalue weighted by Crippen LogP contribution is -2.25. The number of carbonyl (C=O) groups is 1. The van der Waals surface area contributed by atoms with Crippen LogP contribution in [0, 0.1) is 0 Å². The standard InChI is InChI=1S/C24H19N7OS2/c32-22(17-34-24-27-28-29-31(24)20-14-8-3-9-15-20)25-26-23-30(19-12-6-2-7-13-19)21(16-33-23)18-10-4-1-5-11-18/h1-16H,17H2,(H,25,32)/b26-23+. The maximum Gasteiger partial charge on any atom is 0.250 e. The van der Waals surface area contributed by atoms with Crippen LogP contribution < -0.4 is 10.2 Å². The summed E-state index contributed by atoms with van der Waals surface area (Å²) in [6.07, 6.45) is 0. The molecule has 1 N–H and O–H groups in total. The fourth-order valence-electron chi connectivity index (χ4n) is 3.30. The van der Waals surface area contributed by atoms with Gasteiger partial charge < -0.3 is 0 Å². The fraction of sp³-hybridized carbons (Fsp3) is 0.0417. The van der Waals surface area contributed by atoms with Gasteiger partial charge >= 0.3 is 0 Å². The Labute approximate surface area is 203 Å². The normalized spacial score (nSPS) is 11.5. The van der Waals surface area contributed by atoms with Crippen LogP contribution in [-0.4, -0.2) is 36.4 Å². The highest BCUT2D eigenvalue weighted by molar-refractivity contribution is 7.99. The summed E-state index contributed by atoms with van der Waals surface area (Å²) < 4.78 is 3.63. The predicted molar refractivity (Wildman–Crippen MR) is 133 cm³/mol. The number of nitrogens with zero attached hydrogens (tertiary/aromatic N) is 6. The molecular weight excluding hydrogens is 466 g/mol. The molecule has 1 amide bonds. The minimum atomic E-state index is -0.248. The summed E-state index contributed by atoms with van der Waals surface area (Å²) in [5.74, 6) is -0.124. The minimum absolute atomic E-state index is 0.124. The molecule has 8 nitrogen and oxygen atoms in total. The first kappa shape index (κ1) is 21.8. The van der Waals surface area contributed by atoms with Crippen molar-refractivity contribution in [3.05, 3.63) is 101 Å². The molecule has 0 saturated carbocycles. The van der Waals surface area contributed by atoms with E-state index in [0.29, 0.717) is 9.96 Å². The highest BCUT2D eigenvalue weighted by Gasteiger charge is 2.13. The molecule has 0 bridgehead atoms. The van der Waals surface area contributed by atoms with Crippen molar-refractivity contribution in [1.82, 2.24) is 30.2 Å². The lowest BCUT2D eigenvalue weighted by atomic mass is 10.1. The molecule has 5 aromatic rings. The van der Waals surface area contributed by atoms with Crippen LogP contribution in [0.25, 0.3) is 22.6 Å². The Kier molecular flexibility index (Phi) is 6.59. The van der Waals surface area contributed by atoms with Crippen LogP contribution in [-0.2, 0) is 4.79 Å². The summed E-state index contributed by atoms with van der Waals surface area (Å²) >= 11 is 2.71. The lowest BCUT2D eigenvalue weighted by Gasteiger charge is -2.09. The van der Waals surface area contributed by atoms with Gasteiger partial charge in [-0.25, -0.2) is 5.43 Å². The number of benzene rings is 3. The summed E-state index contributed by atoms with van der Waals surface area (Å²) in [6, 6.07) is 29.6. The van der Waals surface area contributed by atoms with Gasteiger partial charge in [0.2, 0.25) is 9.96 Å². The molecule has 5 rings (SSSR count). The highest BCUT2D eigenvalue weighted by Crippen LogP contribution is 2.23. The van der Waals surface area contributed by atoms with Crippen molar-refractivity contribution in [3.63, 3.8) is 0 Å². The quantitative estimate of drug-likeness (QED) is 0.279. The Morgan fingerprint density at radius 1 is 0.912 bits per heavy atom. The van der Waals surface area contributed by atoms with E-state index in [1.54, 1.807) is 4.68 Å². The lowest BCUT2D eigenvalue weighted by molar-refractivity contribution is -0.118. The Balaban J connectivity index is 1.36. The van der Waals surface area contributed by atoms with E-state index in [2.05, 4.69) is 38.2 Å². The minimum Gasteiger partial charge on any atom is -0.284 e. The SMILES string of the molecule is O=C(CSc1nnnn1-c1ccccc1)N/N=c1/scc(-c2ccccc2)n1-c1ccccc1. The number of rotatable bonds is 7. The van der Waals surface area contributed by atoms with E-state index in [0.717, 1.165) is 22.6 Å². The number of hydrogen-bond acceptors (Lipinski definition) is 7. The molecule has 0 atom stereocenters. The van der Waals surface area contributed by atoms with Gasteiger partial charge in [0, 0.05) is 11.1 Å². The molecular formula is C24H19N7OS2. The summed E-state index contributed by atoms with van der Waals surface area (Å²) in [5.41, 5.74) is 6.54. The average molecular weight is 486 g/mol. The van der Waals surface area contributed by atoms with Gasteiger partial charge in [-0.3, -0.25) is 9.36 Å². The van der Waals surface area contributed by atoms with Crippen molar-refractivity contribution in [2.45, 2.75) is 5.16 Å². The second-order valence-corrected chi connectivity index (χ2v) is 8.86. The van der Waals surface area contributed by atoms with Crippen LogP contribution >= 0.6 is 23.1 Å². The number of carbonyl (C=O) groups excluding carboxylic acids is 1. The van der Waals surface area contributed by atoms with Gasteiger partial charge in [0.15, 0.2) is 0 Å². The fourth-order valence-corrected chi connectivity index (χ4v) is 4.85. The Morgan fingerprint density at radius 3 is 2.26 bits per heavy atom. The number of para-hydroxylation sites is 2. The van der Waals surface area contributed by atoms with Crippen molar-refractivity contribution in [1.29, 1.82) is 0 Å². The second-order valence-electron chi connectivity index (χ2n) is 7.08. The van der Waals surface area contributed by atoms with Crippen LogP contribution in [0.5, 0.6) is 0 Å². The van der Waals surface area contributed by atoms with E-state index in [1.807, 2.05) is 88.8 Å². The molecule has 10 heteroatoms. The van der Waals surface area contributed by atoms with Gasteiger partial charge in [-0.2, -0.15) is 4.68 Å². The number of aromatic nitrogens is 5. The zero-order chi connectivity index (χ0) is 23.2. The van der Waals surface area contributed by atoms with Gasteiger partial charge in [-0.05, 0) is 40.3 Å². The summed E-state index contributed by atoms with van der Waals surface area (Å²) in [7, 11) is 0. The summed E-state index contributed by atoms with van der Waals surface area (Å²) in [4.78, 5) is 13.2. The number of hydrogen-bond donors (Lipinski definition) is 1. The molecule has 2 aromatic heterocycles. The molecule has 168 valence electrons. The van der Waals surface area contributed by atoms with Gasteiger partial charge in [0.25, 0.3) is 5.91 Å². The van der Waals surface area contributed by atoms with Gasteiger partial charge in [0.05, 0.1) is 17.1 Å². The van der Waals surface area contributed by atoms with Crippen LogP contribution in [0.3, 0.4) is 0 Å². The van der Waals surface area contributed by atoms with E-state index in [4.69, 9.17) is 0 Å². The predicted octanol–water partition coefficient (Wildman–Crippen LogP) is 3.91. The molecule has 34 heavy (non-hydrogen) atoms. The van der Waals surface area contributed by atoms with Crippen molar-refractivity contribution < 1.29 is 4.79 Å². The number of thiazole rings is 1. The summed E-state index contributed by atoms with van der Waals surface area (Å²) in [5, 5.41) is 18.8. The van der Waals surface area contributed by atoms with Crippen LogP contribution in [0.4, 0.5) is 0 Å². The van der Waals surface area contributed by atoms with E-state index >= 15 is 0 Å². The van der Waals surface area contributed by atoms with Gasteiger partial charge in [-0.15, -0.1) is 21.5 Å². The molecule has 0 fully saturated rings. The van der Waals surface area contributed by atoms with Crippen LogP contribution in [0.1, 0.15) is 0 Å². The Bertz CT molecular complexity index is 1440. The monoisotopic (exact) mass is 485 g/mol. The molecule has 0 aliphatic carbocycles. The van der Waals surface area contributed by atoms with E-state index in [9.17, 15) is 4.79 Å². The van der Waals surface area contributed by atoms with Crippen molar-refractivity contribution >= 4 is 29.0 Å². The average Bonchev–Trinajstić information content (AvgIpc) is 3.55. The first-order chi connectivity index (χ1) is 16.8. The molecule has 0 spiro atoms. The first-order valence-corrected chi connectivity index (χ1v) is 12.3. The Morgan fingerprint density at radius 2 is 1.56 bits per heavy atom. The molecule has 0 unspecified atom stereocenters. The van der Waals surface area contributed by atoms with E-state index in [-0.39, 0.29) is 11.7 Å². The third-order valence-electron chi connectivity index (χ3n) is 4.84. The smallest absolute Gasteiger partial charge is 0.250 e. The maximum atomic E-state index is 12.6. The van der Waals surface area contributed by atoms with Crippen LogP contribution in [0.2, 0.25) is 0 Å². The highest BCUT2D eigenvalue weighted by atomic mass is 32.2. The third kappa shape index (κ3) is 4.82. The second kappa shape index (κ2) is 10.3. The molecule has 0 radical (unpaired) electrons. The molecule has 3 aromatic carbocycles. The topological polar surface area (TPSA) is 90.0 Å². The first-order valence-electron chi connectivity index (χ1n) is 10.4. The zero-order valence-electron chi connectivity index (χ0n) is 17.9. The van der Waals surface area contributed by atoms with Crippen molar-refractivity contribution in [3.8, 4) is 22.6 Å². The number of nitrogens with one attached hydrogen (secondary N) is 1. The van der Waals surface area contributed by atoms with Gasteiger partial charge in [-0.1, -0.05) is 78.5 Å². The summed E-state index contributed by atoms with van der Waals surface area (Å²) in [6.45, 7) is 0. The molecule has 0 aliphatic rings. The zero-order valence-corrected chi connectivity index (χ0v) is 19.5. The molecule has 0 aliphatic heterocycles. The van der Waals surface area contributed by atoms with Gasteiger partial charge in [0.1, 0.15) is 0 Å². The third-order valence-corrected chi connectivity index (χ3v) is 6.59. The van der Waals surface area contributed by atoms with E-state index < -0.39 is 0 Å². The van der Waals surface area contributed by atoms with Crippen molar-refractivity contribution in [2.75, 3.05) is 5.75 Å². The maximum absolute atomic E-state index is 12.6. The number of amides is 1. The molecule has 0 saturated heterocycles. The number of tetrazole rings is 1. The van der Waals surface area contributed by atoms with Crippen LogP contribution in [0.15, 0.2) is 107 Å². The van der Waals surface area contributed by atoms with Crippen molar-refractivity contribution in [2.24, 2.45) is 5.10 Å². The largest absolute Gasteiger partial charge is 0.284 e. The number of thioether (sulfide) groups is 1. The van der Waals surface area contributed by atoms with E-state index in [1.165, 1.54) is 23.1 Å².